The Bertz CT molecular complexity index is 448. The average molecular weight is 272 g/mol. The lowest BCUT2D eigenvalue weighted by molar-refractivity contribution is -0.142. The molecule has 0 heterocycles. The molecule has 1 aromatic carbocycles. The molecular weight excluding hydrogens is 259 g/mol. The zero-order valence-corrected chi connectivity index (χ0v) is 10.9. The number of carbonyl (C=O) groups excluding carboxylic acids is 2. The molecule has 0 aliphatic heterocycles. The van der Waals surface area contributed by atoms with Crippen LogP contribution >= 0.6 is 11.8 Å². The summed E-state index contributed by atoms with van der Waals surface area (Å²) in [6, 6.07) is 4.18. The zero-order chi connectivity index (χ0) is 13.5. The van der Waals surface area contributed by atoms with Crippen molar-refractivity contribution in [2.75, 3.05) is 20.0 Å². The van der Waals surface area contributed by atoms with Crippen LogP contribution in [0.2, 0.25) is 0 Å². The van der Waals surface area contributed by atoms with E-state index in [0.29, 0.717) is 10.6 Å². The van der Waals surface area contributed by atoms with E-state index in [4.69, 9.17) is 4.74 Å². The Morgan fingerprint density at radius 3 is 2.61 bits per heavy atom. The van der Waals surface area contributed by atoms with Gasteiger partial charge in [-0.25, -0.2) is 4.39 Å². The van der Waals surface area contributed by atoms with Crippen LogP contribution in [0.4, 0.5) is 4.39 Å². The second-order valence-electron chi connectivity index (χ2n) is 3.41. The molecule has 0 fully saturated rings. The summed E-state index contributed by atoms with van der Waals surface area (Å²) >= 11 is 1.15. The van der Waals surface area contributed by atoms with Gasteiger partial charge < -0.3 is 9.47 Å². The van der Waals surface area contributed by atoms with Crippen LogP contribution in [-0.2, 0) is 14.3 Å². The van der Waals surface area contributed by atoms with Crippen LogP contribution in [0, 0.1) is 5.82 Å². The van der Waals surface area contributed by atoms with Gasteiger partial charge in [0, 0.05) is 11.0 Å². The van der Waals surface area contributed by atoms with Gasteiger partial charge in [-0.2, -0.15) is 0 Å². The third-order valence-electron chi connectivity index (χ3n) is 2.05. The largest absolute Gasteiger partial charge is 0.497 e. The average Bonchev–Trinajstić information content (AvgIpc) is 2.35. The fourth-order valence-corrected chi connectivity index (χ4v) is 2.01. The number of hydrogen-bond acceptors (Lipinski definition) is 5. The predicted molar refractivity (Wildman–Crippen MR) is 65.3 cm³/mol. The quantitative estimate of drug-likeness (QED) is 0.451. The van der Waals surface area contributed by atoms with E-state index in [-0.39, 0.29) is 18.0 Å². The van der Waals surface area contributed by atoms with Crippen molar-refractivity contribution in [2.24, 2.45) is 0 Å². The highest BCUT2D eigenvalue weighted by Crippen LogP contribution is 2.24. The molecule has 0 atom stereocenters. The number of thioether (sulfide) groups is 1. The second kappa shape index (κ2) is 7.00. The van der Waals surface area contributed by atoms with E-state index in [1.807, 2.05) is 0 Å². The highest BCUT2D eigenvalue weighted by atomic mass is 32.2. The number of rotatable bonds is 6. The number of carbonyl (C=O) groups is 2. The summed E-state index contributed by atoms with van der Waals surface area (Å²) in [6.07, 6.45) is -0.268. The molecule has 1 aromatic rings. The number of Topliss-reactive ketones (excluding diaryl/α,β-unsaturated/α-hetero) is 1. The SMILES string of the molecule is COC(=O)CC(=O)CSc1cc(F)cc(OC)c1. The molecule has 0 N–H and O–H groups in total. The van der Waals surface area contributed by atoms with Crippen LogP contribution in [0.3, 0.4) is 0 Å². The summed E-state index contributed by atoms with van der Waals surface area (Å²) in [5.41, 5.74) is 0. The van der Waals surface area contributed by atoms with Gasteiger partial charge in [0.1, 0.15) is 18.0 Å². The lowest BCUT2D eigenvalue weighted by Crippen LogP contribution is -2.10. The lowest BCUT2D eigenvalue weighted by Gasteiger charge is -2.04. The monoisotopic (exact) mass is 272 g/mol. The third kappa shape index (κ3) is 4.75. The maximum Gasteiger partial charge on any atom is 0.313 e. The van der Waals surface area contributed by atoms with E-state index in [9.17, 15) is 14.0 Å². The van der Waals surface area contributed by atoms with Crippen molar-refractivity contribution in [3.8, 4) is 5.75 Å². The lowest BCUT2D eigenvalue weighted by atomic mass is 10.3. The normalized spacial score (nSPS) is 9.94. The summed E-state index contributed by atoms with van der Waals surface area (Å²) in [5.74, 6) is -0.801. The first-order valence-electron chi connectivity index (χ1n) is 5.11. The van der Waals surface area contributed by atoms with Gasteiger partial charge in [0.25, 0.3) is 0 Å². The summed E-state index contributed by atoms with van der Waals surface area (Å²) in [6.45, 7) is 0. The Kier molecular flexibility index (Phi) is 5.64. The standard InChI is InChI=1S/C12H13FO4S/c1-16-10-3-8(13)4-11(6-10)18-7-9(14)5-12(15)17-2/h3-4,6H,5,7H2,1-2H3. The number of benzene rings is 1. The van der Waals surface area contributed by atoms with Crippen molar-refractivity contribution in [3.63, 3.8) is 0 Å². The molecule has 98 valence electrons. The van der Waals surface area contributed by atoms with Crippen molar-refractivity contribution in [1.82, 2.24) is 0 Å². The first kappa shape index (κ1) is 14.5. The highest BCUT2D eigenvalue weighted by molar-refractivity contribution is 8.00. The minimum absolute atomic E-state index is 0.0850. The zero-order valence-electron chi connectivity index (χ0n) is 10.1. The summed E-state index contributed by atoms with van der Waals surface area (Å²) in [7, 11) is 2.66. The van der Waals surface area contributed by atoms with E-state index in [1.54, 1.807) is 6.07 Å². The number of methoxy groups -OCH3 is 2. The molecule has 0 saturated carbocycles. The number of esters is 1. The highest BCUT2D eigenvalue weighted by Gasteiger charge is 2.10. The maximum atomic E-state index is 13.2. The van der Waals surface area contributed by atoms with Crippen molar-refractivity contribution < 1.29 is 23.5 Å². The third-order valence-corrected chi connectivity index (χ3v) is 3.08. The van der Waals surface area contributed by atoms with Crippen LogP contribution in [0.1, 0.15) is 6.42 Å². The minimum Gasteiger partial charge on any atom is -0.497 e. The predicted octanol–water partition coefficient (Wildman–Crippen LogP) is 2.06. The van der Waals surface area contributed by atoms with Gasteiger partial charge >= 0.3 is 5.97 Å². The molecule has 0 unspecified atom stereocenters. The fraction of sp³-hybridized carbons (Fsp3) is 0.333. The molecule has 0 amide bonds. The van der Waals surface area contributed by atoms with E-state index in [1.165, 1.54) is 26.4 Å². The van der Waals surface area contributed by atoms with Crippen molar-refractivity contribution in [2.45, 2.75) is 11.3 Å². The van der Waals surface area contributed by atoms with Crippen LogP contribution in [0.25, 0.3) is 0 Å². The fourth-order valence-electron chi connectivity index (χ4n) is 1.19. The maximum absolute atomic E-state index is 13.2. The Labute approximate surface area is 108 Å². The molecule has 1 rings (SSSR count). The van der Waals surface area contributed by atoms with Gasteiger partial charge in [0.2, 0.25) is 0 Å². The summed E-state index contributed by atoms with van der Waals surface area (Å²) in [4.78, 5) is 22.8. The Morgan fingerprint density at radius 1 is 1.28 bits per heavy atom. The number of ether oxygens (including phenoxy) is 2. The molecule has 0 spiro atoms. The van der Waals surface area contributed by atoms with Gasteiger partial charge in [-0.3, -0.25) is 9.59 Å². The molecule has 18 heavy (non-hydrogen) atoms. The summed E-state index contributed by atoms with van der Waals surface area (Å²) < 4.78 is 22.4. The van der Waals surface area contributed by atoms with E-state index in [2.05, 4.69) is 4.74 Å². The number of halogens is 1. The van der Waals surface area contributed by atoms with Gasteiger partial charge in [0.05, 0.1) is 20.0 Å². The van der Waals surface area contributed by atoms with Gasteiger partial charge in [-0.1, -0.05) is 0 Å². The molecule has 0 aromatic heterocycles. The van der Waals surface area contributed by atoms with E-state index < -0.39 is 11.8 Å². The van der Waals surface area contributed by atoms with Gasteiger partial charge in [-0.15, -0.1) is 11.8 Å². The van der Waals surface area contributed by atoms with E-state index in [0.717, 1.165) is 11.8 Å². The molecule has 4 nitrogen and oxygen atoms in total. The van der Waals surface area contributed by atoms with Crippen molar-refractivity contribution in [1.29, 1.82) is 0 Å². The summed E-state index contributed by atoms with van der Waals surface area (Å²) in [5, 5.41) is 0. The molecule has 0 aliphatic carbocycles. The van der Waals surface area contributed by atoms with Crippen molar-refractivity contribution >= 4 is 23.5 Å². The molecule has 0 bridgehead atoms. The smallest absolute Gasteiger partial charge is 0.313 e. The van der Waals surface area contributed by atoms with Crippen LogP contribution in [0.15, 0.2) is 23.1 Å². The minimum atomic E-state index is -0.572. The molecule has 6 heteroatoms. The molecule has 0 radical (unpaired) electrons. The molecule has 0 saturated heterocycles. The topological polar surface area (TPSA) is 52.6 Å². The number of hydrogen-bond donors (Lipinski definition) is 0. The first-order chi connectivity index (χ1) is 8.55. The Hall–Kier alpha value is -1.56. The van der Waals surface area contributed by atoms with E-state index >= 15 is 0 Å². The second-order valence-corrected chi connectivity index (χ2v) is 4.46. The van der Waals surface area contributed by atoms with Crippen molar-refractivity contribution in [3.05, 3.63) is 24.0 Å². The van der Waals surface area contributed by atoms with Gasteiger partial charge in [0.15, 0.2) is 5.78 Å². The van der Waals surface area contributed by atoms with Crippen LogP contribution < -0.4 is 4.74 Å². The van der Waals surface area contributed by atoms with Gasteiger partial charge in [-0.05, 0) is 12.1 Å². The first-order valence-corrected chi connectivity index (χ1v) is 6.09. The van der Waals surface area contributed by atoms with Crippen LogP contribution in [-0.4, -0.2) is 31.7 Å². The van der Waals surface area contributed by atoms with Crippen LogP contribution in [0.5, 0.6) is 5.75 Å². The Morgan fingerprint density at radius 2 is 2.00 bits per heavy atom. The molecular formula is C12H13FO4S. The number of ketones is 1. The Balaban J connectivity index is 2.55. The molecule has 0 aliphatic rings.